The van der Waals surface area contributed by atoms with Crippen LogP contribution in [0.1, 0.15) is 0 Å². The third-order valence-corrected chi connectivity index (χ3v) is 10.9. The van der Waals surface area contributed by atoms with Crippen molar-refractivity contribution in [2.45, 2.75) is 55.0 Å². The fourth-order valence-corrected chi connectivity index (χ4v) is 7.40. The second-order valence-corrected chi connectivity index (χ2v) is 17.0. The molecule has 0 aromatic heterocycles. The lowest BCUT2D eigenvalue weighted by atomic mass is 9.96. The fourth-order valence-electron chi connectivity index (χ4n) is 7.40. The summed E-state index contributed by atoms with van der Waals surface area (Å²) in [5.74, 6) is -13.4. The topological polar surface area (TPSA) is 536 Å². The van der Waals surface area contributed by atoms with E-state index < -0.39 is 200 Å². The molecule has 0 aromatic rings. The summed E-state index contributed by atoms with van der Waals surface area (Å²) in [6, 6.07) is -3.71. The van der Waals surface area contributed by atoms with Crippen LogP contribution in [0.3, 0.4) is 0 Å². The fraction of sp³-hybridized carbons (Fsp3) is 0.750. The first-order chi connectivity index (χ1) is 35.1. The monoisotopic (exact) mass is 1090 g/mol. The number of carboxylic acid groups (broad SMARTS) is 8. The third kappa shape index (κ3) is 27.5. The Morgan fingerprint density at radius 1 is 0.440 bits per heavy atom. The van der Waals surface area contributed by atoms with Gasteiger partial charge in [0.1, 0.15) is 42.7 Å². The summed E-state index contributed by atoms with van der Waals surface area (Å²) in [6.07, 6.45) is -14.3. The van der Waals surface area contributed by atoms with E-state index in [1.165, 1.54) is 9.80 Å². The number of hydrogen-bond donors (Lipinski definition) is 17. The second-order valence-electron chi connectivity index (χ2n) is 17.0. The van der Waals surface area contributed by atoms with Crippen LogP contribution in [0.15, 0.2) is 0 Å². The highest BCUT2D eigenvalue weighted by atomic mass is 16.7. The summed E-state index contributed by atoms with van der Waals surface area (Å²) in [4.78, 5) is 124. The molecule has 0 unspecified atom stereocenters. The zero-order chi connectivity index (χ0) is 57.1. The van der Waals surface area contributed by atoms with Crippen LogP contribution in [0.25, 0.3) is 0 Å². The molecule has 0 aromatic carbocycles. The van der Waals surface area contributed by atoms with E-state index in [9.17, 15) is 104 Å². The summed E-state index contributed by atoms with van der Waals surface area (Å²) in [5, 5.41) is 153. The van der Waals surface area contributed by atoms with E-state index in [0.717, 1.165) is 19.6 Å². The lowest BCUT2D eigenvalue weighted by molar-refractivity contribution is -0.295. The Morgan fingerprint density at radius 3 is 1.08 bits per heavy atom. The minimum atomic E-state index is -2.31. The molecule has 0 aliphatic carbocycles. The SMILES string of the molecule is O=C(O)CN(CCN(CC(=O)O)CC(=O)O)CCN(CC(=O)O)CC(=O)N[C@H]1[C@H](O[C@@H](CO)[C@@H](O)[C@H](O)[C@@H](CO)NC(=O)CN(CCN(CCN(CC(=O)O)CC(=O)O)CC(=O)O)CC(=O)O)O[C@H](CO)[C@@H](O)[C@@H]1O. The number of hydrogen-bond acceptors (Lipinski definition) is 25. The highest BCUT2D eigenvalue weighted by Gasteiger charge is 2.48. The van der Waals surface area contributed by atoms with Crippen LogP contribution in [0.4, 0.5) is 0 Å². The molecule has 2 amide bonds. The zero-order valence-corrected chi connectivity index (χ0v) is 40.3. The minimum absolute atomic E-state index is 0.215. The number of rotatable bonds is 42. The summed E-state index contributed by atoms with van der Waals surface area (Å²) >= 11 is 0. The van der Waals surface area contributed by atoms with E-state index in [1.807, 2.05) is 0 Å². The van der Waals surface area contributed by atoms with Crippen molar-refractivity contribution in [3.8, 4) is 0 Å². The Bertz CT molecular complexity index is 1860. The minimum Gasteiger partial charge on any atom is -0.480 e. The second kappa shape index (κ2) is 34.6. The third-order valence-electron chi connectivity index (χ3n) is 10.9. The van der Waals surface area contributed by atoms with Crippen LogP contribution < -0.4 is 10.6 Å². The molecule has 0 spiro atoms. The molecule has 35 nitrogen and oxygen atoms in total. The number of nitrogens with zero attached hydrogens (tertiary/aromatic N) is 6. The first-order valence-corrected chi connectivity index (χ1v) is 22.6. The molecule has 1 aliphatic rings. The first kappa shape index (κ1) is 67.1. The standard InChI is InChI=1S/C40H68N8O27/c49-19-22(41-25(52)9-45(13-29(58)59)5-1-43(11-27(54)55)3-7-47(15-31(62)63)16-32(64)65)36(70)37(71)23(20-50)74-40-35(39(73)38(72)24(21-51)75-40)42-26(53)10-46(14-30(60)61)6-2-44(12-28(56)57)4-8-48(17-33(66)67)18-34(68)69/h22-24,35-40,49-51,70-73H,1-21H2,(H,41,52)(H,42,53)(H,54,55)(H,56,57)(H,58,59)(H,60,61)(H,62,63)(H,64,65)(H,66,67)(H,68,69)/t22-,23+,24-,35-,36-,37-,38-,39-,40-/m1/s1. The van der Waals surface area contributed by atoms with Crippen molar-refractivity contribution in [1.82, 2.24) is 40.0 Å². The number of carboxylic acids is 8. The predicted octanol–water partition coefficient (Wildman–Crippen LogP) is -11.0. The summed E-state index contributed by atoms with van der Waals surface area (Å²) in [5.41, 5.74) is 0. The van der Waals surface area contributed by atoms with Gasteiger partial charge in [0.25, 0.3) is 0 Å². The van der Waals surface area contributed by atoms with E-state index in [2.05, 4.69) is 10.6 Å². The van der Waals surface area contributed by atoms with Gasteiger partial charge in [0.05, 0.1) is 91.3 Å². The van der Waals surface area contributed by atoms with E-state index in [1.54, 1.807) is 0 Å². The quantitative estimate of drug-likeness (QED) is 0.0270. The summed E-state index contributed by atoms with van der Waals surface area (Å²) < 4.78 is 11.1. The van der Waals surface area contributed by atoms with Crippen LogP contribution in [0, 0.1) is 0 Å². The van der Waals surface area contributed by atoms with Crippen LogP contribution in [-0.2, 0) is 57.4 Å². The van der Waals surface area contributed by atoms with Gasteiger partial charge in [-0.1, -0.05) is 0 Å². The molecule has 1 saturated heterocycles. The van der Waals surface area contributed by atoms with Crippen molar-refractivity contribution in [1.29, 1.82) is 0 Å². The zero-order valence-electron chi connectivity index (χ0n) is 40.3. The Morgan fingerprint density at radius 2 is 0.760 bits per heavy atom. The van der Waals surface area contributed by atoms with Crippen LogP contribution in [0.5, 0.6) is 0 Å². The lowest BCUT2D eigenvalue weighted by Gasteiger charge is -2.44. The number of ether oxygens (including phenoxy) is 2. The molecular weight excluding hydrogens is 1020 g/mol. The van der Waals surface area contributed by atoms with Gasteiger partial charge in [0.2, 0.25) is 11.8 Å². The van der Waals surface area contributed by atoms with Crippen LogP contribution in [-0.4, -0.2) is 358 Å². The van der Waals surface area contributed by atoms with Gasteiger partial charge >= 0.3 is 47.8 Å². The molecule has 0 radical (unpaired) electrons. The Labute approximate surface area is 425 Å². The number of nitrogens with one attached hydrogen (secondary N) is 2. The molecule has 35 heteroatoms. The van der Waals surface area contributed by atoms with Crippen molar-refractivity contribution in [2.75, 3.05) is 138 Å². The van der Waals surface area contributed by atoms with Crippen molar-refractivity contribution in [2.24, 2.45) is 0 Å². The maximum Gasteiger partial charge on any atom is 0.317 e. The number of aliphatic hydroxyl groups excluding tert-OH is 7. The van der Waals surface area contributed by atoms with Crippen molar-refractivity contribution >= 4 is 59.6 Å². The molecule has 75 heavy (non-hydrogen) atoms. The normalized spacial score (nSPS) is 19.5. The number of amides is 2. The molecule has 1 aliphatic heterocycles. The highest BCUT2D eigenvalue weighted by molar-refractivity contribution is 5.80. The van der Waals surface area contributed by atoms with Crippen molar-refractivity contribution < 1.29 is 134 Å². The van der Waals surface area contributed by atoms with E-state index >= 15 is 0 Å². The molecule has 0 saturated carbocycles. The van der Waals surface area contributed by atoms with Crippen molar-refractivity contribution in [3.05, 3.63) is 0 Å². The van der Waals surface area contributed by atoms with E-state index in [4.69, 9.17) is 29.9 Å². The van der Waals surface area contributed by atoms with E-state index in [0.29, 0.717) is 0 Å². The molecule has 9 atom stereocenters. The van der Waals surface area contributed by atoms with Crippen LogP contribution >= 0.6 is 0 Å². The molecule has 1 fully saturated rings. The Kier molecular flexibility index (Phi) is 31.0. The Hall–Kier alpha value is -5.90. The van der Waals surface area contributed by atoms with Gasteiger partial charge in [0, 0.05) is 52.4 Å². The maximum absolute atomic E-state index is 13.5. The lowest BCUT2D eigenvalue weighted by Crippen LogP contribution is -2.66. The molecule has 0 bridgehead atoms. The predicted molar refractivity (Wildman–Crippen MR) is 242 cm³/mol. The number of aliphatic hydroxyl groups is 7. The highest BCUT2D eigenvalue weighted by Crippen LogP contribution is 2.25. The van der Waals surface area contributed by atoms with Gasteiger partial charge in [-0.25, -0.2) is 0 Å². The van der Waals surface area contributed by atoms with Crippen LogP contribution in [0.2, 0.25) is 0 Å². The molecule has 17 N–H and O–H groups in total. The molecular formula is C40H68N8O27. The van der Waals surface area contributed by atoms with Gasteiger partial charge < -0.3 is 96.7 Å². The molecule has 1 rings (SSSR count). The van der Waals surface area contributed by atoms with E-state index in [-0.39, 0.29) is 52.4 Å². The number of carbonyl (C=O) groups is 10. The average Bonchev–Trinajstić information content (AvgIpc) is 3.28. The van der Waals surface area contributed by atoms with Crippen molar-refractivity contribution in [3.63, 3.8) is 0 Å². The van der Waals surface area contributed by atoms with Gasteiger partial charge in [-0.05, 0) is 0 Å². The average molecular weight is 1090 g/mol. The first-order valence-electron chi connectivity index (χ1n) is 22.6. The maximum atomic E-state index is 13.5. The summed E-state index contributed by atoms with van der Waals surface area (Å²) in [6.45, 7) is -13.1. The smallest absolute Gasteiger partial charge is 0.317 e. The molecule has 430 valence electrons. The number of carbonyl (C=O) groups excluding carboxylic acids is 2. The summed E-state index contributed by atoms with van der Waals surface area (Å²) in [7, 11) is 0. The largest absolute Gasteiger partial charge is 0.480 e. The van der Waals surface area contributed by atoms with Gasteiger partial charge in [0.15, 0.2) is 6.29 Å². The van der Waals surface area contributed by atoms with Gasteiger partial charge in [-0.3, -0.25) is 77.3 Å². The Balaban J connectivity index is 3.23. The molecule has 1 heterocycles. The van der Waals surface area contributed by atoms with Gasteiger partial charge in [-0.15, -0.1) is 0 Å². The van der Waals surface area contributed by atoms with Gasteiger partial charge in [-0.2, -0.15) is 0 Å². The number of aliphatic carboxylic acids is 8.